The van der Waals surface area contributed by atoms with Crippen LogP contribution in [0.2, 0.25) is 5.02 Å². The molecular formula is C14H10ClF2NO2. The molecule has 0 aliphatic carbocycles. The van der Waals surface area contributed by atoms with Crippen LogP contribution in [0.5, 0.6) is 5.75 Å². The summed E-state index contributed by atoms with van der Waals surface area (Å²) >= 11 is 5.79. The van der Waals surface area contributed by atoms with Gasteiger partial charge in [-0.3, -0.25) is 4.79 Å². The molecule has 2 aromatic carbocycles. The number of carbonyl (C=O) groups excluding carboxylic acids is 1. The van der Waals surface area contributed by atoms with Crippen LogP contribution < -0.4 is 10.1 Å². The van der Waals surface area contributed by atoms with Gasteiger partial charge in [0.25, 0.3) is 5.91 Å². The summed E-state index contributed by atoms with van der Waals surface area (Å²) in [6.45, 7) is -2.95. The number of halogens is 3. The molecule has 0 bridgehead atoms. The quantitative estimate of drug-likeness (QED) is 0.919. The first-order chi connectivity index (χ1) is 9.56. The number of amides is 1. The smallest absolute Gasteiger partial charge is 0.387 e. The topological polar surface area (TPSA) is 38.3 Å². The molecule has 104 valence electrons. The Morgan fingerprint density at radius 3 is 2.45 bits per heavy atom. The van der Waals surface area contributed by atoms with E-state index in [1.807, 2.05) is 0 Å². The third-order valence-corrected chi connectivity index (χ3v) is 2.74. The molecule has 1 amide bonds. The predicted octanol–water partition coefficient (Wildman–Crippen LogP) is 4.19. The second kappa shape index (κ2) is 6.34. The highest BCUT2D eigenvalue weighted by Gasteiger charge is 2.10. The van der Waals surface area contributed by atoms with Gasteiger partial charge in [0.05, 0.1) is 5.02 Å². The molecule has 0 aliphatic rings. The van der Waals surface area contributed by atoms with Gasteiger partial charge in [-0.25, -0.2) is 0 Å². The molecule has 0 spiro atoms. The van der Waals surface area contributed by atoms with Crippen LogP contribution in [0.3, 0.4) is 0 Å². The van der Waals surface area contributed by atoms with Gasteiger partial charge in [-0.05, 0) is 30.3 Å². The Bertz CT molecular complexity index is 605. The summed E-state index contributed by atoms with van der Waals surface area (Å²) in [6.07, 6.45) is 0. The lowest BCUT2D eigenvalue weighted by Crippen LogP contribution is -2.11. The zero-order valence-corrected chi connectivity index (χ0v) is 10.9. The Morgan fingerprint density at radius 2 is 1.85 bits per heavy atom. The van der Waals surface area contributed by atoms with E-state index in [1.165, 1.54) is 18.2 Å². The lowest BCUT2D eigenvalue weighted by atomic mass is 10.2. The molecule has 0 unspecified atom stereocenters. The zero-order valence-electron chi connectivity index (χ0n) is 10.1. The van der Waals surface area contributed by atoms with Gasteiger partial charge in [-0.2, -0.15) is 8.78 Å². The third-order valence-electron chi connectivity index (χ3n) is 2.44. The van der Waals surface area contributed by atoms with Gasteiger partial charge < -0.3 is 10.1 Å². The van der Waals surface area contributed by atoms with Crippen molar-refractivity contribution in [2.24, 2.45) is 0 Å². The summed E-state index contributed by atoms with van der Waals surface area (Å²) in [5.41, 5.74) is 0.877. The number of nitrogens with one attached hydrogen (secondary N) is 1. The zero-order chi connectivity index (χ0) is 14.5. The normalized spacial score (nSPS) is 10.4. The lowest BCUT2D eigenvalue weighted by molar-refractivity contribution is -0.0497. The number of anilines is 1. The van der Waals surface area contributed by atoms with Crippen molar-refractivity contribution in [2.45, 2.75) is 6.61 Å². The fraction of sp³-hybridized carbons (Fsp3) is 0.0714. The van der Waals surface area contributed by atoms with Crippen molar-refractivity contribution in [3.8, 4) is 5.75 Å². The van der Waals surface area contributed by atoms with Gasteiger partial charge in [0.15, 0.2) is 0 Å². The van der Waals surface area contributed by atoms with E-state index in [0.717, 1.165) is 0 Å². The molecule has 0 atom stereocenters. The first-order valence-electron chi connectivity index (χ1n) is 5.67. The summed E-state index contributed by atoms with van der Waals surface area (Å²) in [5.74, 6) is -0.455. The van der Waals surface area contributed by atoms with Crippen molar-refractivity contribution in [3.63, 3.8) is 0 Å². The Kier molecular flexibility index (Phi) is 4.53. The summed E-state index contributed by atoms with van der Waals surface area (Å²) < 4.78 is 28.4. The number of hydrogen-bond acceptors (Lipinski definition) is 2. The molecule has 0 saturated carbocycles. The number of rotatable bonds is 4. The summed E-state index contributed by atoms with van der Waals surface area (Å²) in [5, 5.41) is 2.61. The number of carbonyl (C=O) groups is 1. The molecule has 3 nitrogen and oxygen atoms in total. The van der Waals surface area contributed by atoms with Crippen LogP contribution in [0.4, 0.5) is 14.5 Å². The van der Waals surface area contributed by atoms with Crippen molar-refractivity contribution < 1.29 is 18.3 Å². The second-order valence-corrected chi connectivity index (χ2v) is 4.25. The molecule has 0 aliphatic heterocycles. The molecular weight excluding hydrogens is 288 g/mol. The molecule has 6 heteroatoms. The van der Waals surface area contributed by atoms with Crippen LogP contribution >= 0.6 is 11.6 Å². The van der Waals surface area contributed by atoms with E-state index in [1.54, 1.807) is 30.3 Å². The molecule has 0 fully saturated rings. The summed E-state index contributed by atoms with van der Waals surface area (Å²) in [6, 6.07) is 12.6. The maximum atomic E-state index is 12.1. The monoisotopic (exact) mass is 297 g/mol. The SMILES string of the molecule is O=C(Nc1ccc(OC(F)F)c(Cl)c1)c1ccccc1. The van der Waals surface area contributed by atoms with E-state index >= 15 is 0 Å². The average Bonchev–Trinajstić information content (AvgIpc) is 2.42. The first kappa shape index (κ1) is 14.3. The Labute approximate surface area is 119 Å². The highest BCUT2D eigenvalue weighted by atomic mass is 35.5. The van der Waals surface area contributed by atoms with E-state index in [-0.39, 0.29) is 16.7 Å². The number of hydrogen-bond donors (Lipinski definition) is 1. The van der Waals surface area contributed by atoms with Gasteiger partial charge >= 0.3 is 6.61 Å². The van der Waals surface area contributed by atoms with Crippen molar-refractivity contribution in [1.82, 2.24) is 0 Å². The standard InChI is InChI=1S/C14H10ClF2NO2/c15-11-8-10(6-7-12(11)20-14(16)17)18-13(19)9-4-2-1-3-5-9/h1-8,14H,(H,18,19). The van der Waals surface area contributed by atoms with Crippen molar-refractivity contribution in [3.05, 3.63) is 59.1 Å². The predicted molar refractivity (Wildman–Crippen MR) is 72.5 cm³/mol. The summed E-state index contributed by atoms with van der Waals surface area (Å²) in [4.78, 5) is 11.9. The minimum Gasteiger partial charge on any atom is -0.433 e. The molecule has 1 N–H and O–H groups in total. The van der Waals surface area contributed by atoms with E-state index in [0.29, 0.717) is 11.3 Å². The van der Waals surface area contributed by atoms with Crippen LogP contribution in [0.25, 0.3) is 0 Å². The Morgan fingerprint density at radius 1 is 1.15 bits per heavy atom. The van der Waals surface area contributed by atoms with Crippen molar-refractivity contribution in [1.29, 1.82) is 0 Å². The first-order valence-corrected chi connectivity index (χ1v) is 6.05. The van der Waals surface area contributed by atoms with Gasteiger partial charge in [0.2, 0.25) is 0 Å². The fourth-order valence-electron chi connectivity index (χ4n) is 1.56. The molecule has 0 aromatic heterocycles. The highest BCUT2D eigenvalue weighted by Crippen LogP contribution is 2.29. The number of alkyl halides is 2. The Balaban J connectivity index is 2.11. The van der Waals surface area contributed by atoms with E-state index in [2.05, 4.69) is 10.1 Å². The molecule has 2 aromatic rings. The minimum atomic E-state index is -2.95. The van der Waals surface area contributed by atoms with Gasteiger partial charge in [0.1, 0.15) is 5.75 Å². The van der Waals surface area contributed by atoms with Crippen LogP contribution in [0, 0.1) is 0 Å². The van der Waals surface area contributed by atoms with Crippen LogP contribution in [-0.2, 0) is 0 Å². The van der Waals surface area contributed by atoms with Gasteiger partial charge in [0, 0.05) is 11.3 Å². The van der Waals surface area contributed by atoms with Crippen molar-refractivity contribution in [2.75, 3.05) is 5.32 Å². The van der Waals surface area contributed by atoms with Gasteiger partial charge in [-0.15, -0.1) is 0 Å². The maximum absolute atomic E-state index is 12.1. The fourth-order valence-corrected chi connectivity index (χ4v) is 1.79. The van der Waals surface area contributed by atoms with Gasteiger partial charge in [-0.1, -0.05) is 29.8 Å². The van der Waals surface area contributed by atoms with Crippen molar-refractivity contribution >= 4 is 23.2 Å². The summed E-state index contributed by atoms with van der Waals surface area (Å²) in [7, 11) is 0. The van der Waals surface area contributed by atoms with Crippen LogP contribution in [-0.4, -0.2) is 12.5 Å². The van der Waals surface area contributed by atoms with E-state index in [9.17, 15) is 13.6 Å². The van der Waals surface area contributed by atoms with E-state index in [4.69, 9.17) is 11.6 Å². The van der Waals surface area contributed by atoms with Crippen LogP contribution in [0.15, 0.2) is 48.5 Å². The Hall–Kier alpha value is -2.14. The lowest BCUT2D eigenvalue weighted by Gasteiger charge is -2.09. The van der Waals surface area contributed by atoms with E-state index < -0.39 is 6.61 Å². The molecule has 2 rings (SSSR count). The maximum Gasteiger partial charge on any atom is 0.387 e. The number of benzene rings is 2. The molecule has 0 radical (unpaired) electrons. The van der Waals surface area contributed by atoms with Crippen LogP contribution in [0.1, 0.15) is 10.4 Å². The second-order valence-electron chi connectivity index (χ2n) is 3.84. The number of ether oxygens (including phenoxy) is 1. The minimum absolute atomic E-state index is 0.00355. The highest BCUT2D eigenvalue weighted by molar-refractivity contribution is 6.32. The molecule has 0 saturated heterocycles. The molecule has 20 heavy (non-hydrogen) atoms. The largest absolute Gasteiger partial charge is 0.433 e. The molecule has 0 heterocycles. The average molecular weight is 298 g/mol. The third kappa shape index (κ3) is 3.68.